The molecule has 0 aliphatic heterocycles. The van der Waals surface area contributed by atoms with Crippen molar-refractivity contribution in [3.63, 3.8) is 0 Å². The quantitative estimate of drug-likeness (QED) is 0.836. The summed E-state index contributed by atoms with van der Waals surface area (Å²) >= 11 is 3.19. The first-order valence-electron chi connectivity index (χ1n) is 4.85. The molecule has 0 atom stereocenters. The first-order valence-corrected chi connectivity index (χ1v) is 6.71. The lowest BCUT2D eigenvalue weighted by Crippen LogP contribution is -2.15. The fraction of sp³-hybridized carbons (Fsp3) is 0.333. The van der Waals surface area contributed by atoms with E-state index < -0.39 is 0 Å². The first-order chi connectivity index (χ1) is 8.15. The van der Waals surface area contributed by atoms with E-state index in [0.717, 1.165) is 4.34 Å². The molecule has 2 N–H and O–H groups in total. The van der Waals surface area contributed by atoms with Gasteiger partial charge in [0.05, 0.1) is 5.75 Å². The molecule has 2 aromatic rings. The second-order valence-corrected chi connectivity index (χ2v) is 5.51. The number of nitrogens with zero attached hydrogens (tertiary/aromatic N) is 5. The van der Waals surface area contributed by atoms with Crippen LogP contribution in [0.1, 0.15) is 5.82 Å². The highest BCUT2D eigenvalue weighted by atomic mass is 32.2. The monoisotopic (exact) mass is 268 g/mol. The van der Waals surface area contributed by atoms with Gasteiger partial charge in [-0.15, -0.1) is 11.3 Å². The van der Waals surface area contributed by atoms with E-state index in [4.69, 9.17) is 5.73 Å². The second kappa shape index (κ2) is 5.28. The topological polar surface area (TPSA) is 80.8 Å². The summed E-state index contributed by atoms with van der Waals surface area (Å²) in [5.74, 6) is 2.13. The van der Waals surface area contributed by atoms with E-state index in [-0.39, 0.29) is 5.95 Å². The number of hydrogen-bond acceptors (Lipinski definition) is 8. The van der Waals surface area contributed by atoms with Crippen LogP contribution in [-0.4, -0.2) is 34.0 Å². The number of thiazole rings is 1. The van der Waals surface area contributed by atoms with E-state index in [1.807, 2.05) is 19.5 Å². The molecule has 0 amide bonds. The van der Waals surface area contributed by atoms with Crippen molar-refractivity contribution >= 4 is 35.0 Å². The lowest BCUT2D eigenvalue weighted by atomic mass is 10.6. The third-order valence-electron chi connectivity index (χ3n) is 1.82. The molecule has 0 aliphatic rings. The van der Waals surface area contributed by atoms with Gasteiger partial charge in [0.25, 0.3) is 0 Å². The van der Waals surface area contributed by atoms with Crippen LogP contribution in [0.5, 0.6) is 0 Å². The summed E-state index contributed by atoms with van der Waals surface area (Å²) in [7, 11) is 3.74. The van der Waals surface area contributed by atoms with Crippen LogP contribution in [0.25, 0.3) is 0 Å². The molecule has 0 fully saturated rings. The van der Waals surface area contributed by atoms with Crippen LogP contribution in [-0.2, 0) is 5.75 Å². The lowest BCUT2D eigenvalue weighted by molar-refractivity contribution is 0.919. The van der Waals surface area contributed by atoms with Crippen molar-refractivity contribution in [2.24, 2.45) is 0 Å². The number of anilines is 2. The molecule has 0 aromatic carbocycles. The average Bonchev–Trinajstić information content (AvgIpc) is 2.78. The number of thioether (sulfide) groups is 1. The maximum absolute atomic E-state index is 5.63. The third kappa shape index (κ3) is 3.27. The van der Waals surface area contributed by atoms with Crippen molar-refractivity contribution in [3.05, 3.63) is 17.4 Å². The Morgan fingerprint density at radius 2 is 2.18 bits per heavy atom. The minimum absolute atomic E-state index is 0.249. The minimum atomic E-state index is 0.249. The van der Waals surface area contributed by atoms with Gasteiger partial charge in [-0.05, 0) is 0 Å². The molecule has 8 heteroatoms. The van der Waals surface area contributed by atoms with Gasteiger partial charge in [0.1, 0.15) is 10.2 Å². The number of rotatable bonds is 4. The van der Waals surface area contributed by atoms with Gasteiger partial charge < -0.3 is 10.6 Å². The fourth-order valence-electron chi connectivity index (χ4n) is 1.10. The summed E-state index contributed by atoms with van der Waals surface area (Å²) in [4.78, 5) is 18.4. The largest absolute Gasteiger partial charge is 0.368 e. The number of aromatic nitrogens is 4. The van der Waals surface area contributed by atoms with Gasteiger partial charge in [-0.2, -0.15) is 15.0 Å². The maximum Gasteiger partial charge on any atom is 0.229 e. The summed E-state index contributed by atoms with van der Waals surface area (Å²) in [5, 5.41) is 1.94. The van der Waals surface area contributed by atoms with Crippen LogP contribution >= 0.6 is 23.1 Å². The van der Waals surface area contributed by atoms with Crippen LogP contribution in [0.4, 0.5) is 11.9 Å². The average molecular weight is 268 g/mol. The fourth-order valence-corrected chi connectivity index (χ4v) is 2.59. The number of nitrogens with two attached hydrogens (primary N) is 1. The normalized spacial score (nSPS) is 10.5. The molecule has 17 heavy (non-hydrogen) atoms. The molecule has 0 spiro atoms. The van der Waals surface area contributed by atoms with Gasteiger partial charge in [0.15, 0.2) is 0 Å². The minimum Gasteiger partial charge on any atom is -0.368 e. The van der Waals surface area contributed by atoms with Crippen LogP contribution in [0, 0.1) is 0 Å². The van der Waals surface area contributed by atoms with Crippen LogP contribution < -0.4 is 10.6 Å². The Kier molecular flexibility index (Phi) is 3.75. The molecule has 0 radical (unpaired) electrons. The zero-order valence-electron chi connectivity index (χ0n) is 9.49. The Balaban J connectivity index is 2.10. The highest BCUT2D eigenvalue weighted by Crippen LogP contribution is 2.23. The van der Waals surface area contributed by atoms with Crippen molar-refractivity contribution in [1.29, 1.82) is 0 Å². The molecule has 2 heterocycles. The van der Waals surface area contributed by atoms with Crippen molar-refractivity contribution in [2.75, 3.05) is 24.7 Å². The van der Waals surface area contributed by atoms with E-state index in [1.165, 1.54) is 0 Å². The third-order valence-corrected chi connectivity index (χ3v) is 3.78. The van der Waals surface area contributed by atoms with E-state index in [1.54, 1.807) is 34.2 Å². The Morgan fingerprint density at radius 1 is 1.35 bits per heavy atom. The highest BCUT2D eigenvalue weighted by molar-refractivity contribution is 8.00. The van der Waals surface area contributed by atoms with Crippen molar-refractivity contribution < 1.29 is 0 Å². The second-order valence-electron chi connectivity index (χ2n) is 3.39. The summed E-state index contributed by atoms with van der Waals surface area (Å²) < 4.78 is 0.996. The molecule has 0 saturated heterocycles. The first kappa shape index (κ1) is 12.1. The van der Waals surface area contributed by atoms with Crippen molar-refractivity contribution in [1.82, 2.24) is 19.9 Å². The summed E-state index contributed by atoms with van der Waals surface area (Å²) in [6.45, 7) is 0. The van der Waals surface area contributed by atoms with Gasteiger partial charge >= 0.3 is 0 Å². The molecule has 2 aromatic heterocycles. The number of nitrogen functional groups attached to an aromatic ring is 1. The predicted octanol–water partition coefficient (Wildman–Crippen LogP) is 1.27. The SMILES string of the molecule is CN(C)c1nc(N)nc(CSc2nccs2)n1. The molecular formula is C9H12N6S2. The van der Waals surface area contributed by atoms with E-state index in [2.05, 4.69) is 19.9 Å². The molecule has 0 unspecified atom stereocenters. The Morgan fingerprint density at radius 3 is 2.82 bits per heavy atom. The van der Waals surface area contributed by atoms with Gasteiger partial charge in [0, 0.05) is 25.7 Å². The van der Waals surface area contributed by atoms with Crippen molar-refractivity contribution in [2.45, 2.75) is 10.1 Å². The Bertz CT molecular complexity index is 484. The van der Waals surface area contributed by atoms with E-state index >= 15 is 0 Å². The molecule has 6 nitrogen and oxygen atoms in total. The summed E-state index contributed by atoms with van der Waals surface area (Å²) in [5.41, 5.74) is 5.63. The van der Waals surface area contributed by atoms with Crippen molar-refractivity contribution in [3.8, 4) is 0 Å². The Hall–Kier alpha value is -1.41. The van der Waals surface area contributed by atoms with Crippen LogP contribution in [0.15, 0.2) is 15.9 Å². The zero-order valence-corrected chi connectivity index (χ0v) is 11.1. The molecule has 0 saturated carbocycles. The van der Waals surface area contributed by atoms with Gasteiger partial charge in [-0.25, -0.2) is 4.98 Å². The predicted molar refractivity (Wildman–Crippen MR) is 70.2 cm³/mol. The summed E-state index contributed by atoms with van der Waals surface area (Å²) in [6, 6.07) is 0. The van der Waals surface area contributed by atoms with E-state index in [9.17, 15) is 0 Å². The van der Waals surface area contributed by atoms with Crippen LogP contribution in [0.3, 0.4) is 0 Å². The van der Waals surface area contributed by atoms with Gasteiger partial charge in [0.2, 0.25) is 11.9 Å². The summed E-state index contributed by atoms with van der Waals surface area (Å²) in [6.07, 6.45) is 1.78. The molecular weight excluding hydrogens is 256 g/mol. The smallest absolute Gasteiger partial charge is 0.229 e. The van der Waals surface area contributed by atoms with Gasteiger partial charge in [-0.1, -0.05) is 11.8 Å². The molecule has 90 valence electrons. The van der Waals surface area contributed by atoms with Gasteiger partial charge in [-0.3, -0.25) is 0 Å². The standard InChI is InChI=1S/C9H12N6S2/c1-15(2)8-13-6(12-7(10)14-8)5-17-9-11-3-4-16-9/h3-4H,5H2,1-2H3,(H2,10,12,13,14). The number of hydrogen-bond donors (Lipinski definition) is 1. The molecule has 0 aliphatic carbocycles. The lowest BCUT2D eigenvalue weighted by Gasteiger charge is -2.10. The zero-order chi connectivity index (χ0) is 12.3. The highest BCUT2D eigenvalue weighted by Gasteiger charge is 2.07. The molecule has 0 bridgehead atoms. The Labute approximate surface area is 107 Å². The van der Waals surface area contributed by atoms with Crippen LogP contribution in [0.2, 0.25) is 0 Å². The maximum atomic E-state index is 5.63. The molecule has 2 rings (SSSR count). The van der Waals surface area contributed by atoms with E-state index in [0.29, 0.717) is 17.5 Å².